The van der Waals surface area contributed by atoms with E-state index in [1.54, 1.807) is 0 Å². The first-order valence-electron chi connectivity index (χ1n) is 9.74. The fourth-order valence-corrected chi connectivity index (χ4v) is 3.79. The summed E-state index contributed by atoms with van der Waals surface area (Å²) in [6.07, 6.45) is 5.52. The molecule has 29 heavy (non-hydrogen) atoms. The summed E-state index contributed by atoms with van der Waals surface area (Å²) < 4.78 is 17.1. The summed E-state index contributed by atoms with van der Waals surface area (Å²) in [5.41, 5.74) is 3.11. The van der Waals surface area contributed by atoms with Crippen molar-refractivity contribution in [1.82, 2.24) is 24.3 Å². The van der Waals surface area contributed by atoms with Crippen molar-refractivity contribution in [2.75, 3.05) is 31.1 Å². The summed E-state index contributed by atoms with van der Waals surface area (Å²) in [5.74, 6) is 0.0266. The number of anilines is 1. The highest BCUT2D eigenvalue weighted by Crippen LogP contribution is 2.26. The molecular weight excluding hydrogens is 367 g/mol. The second-order valence-electron chi connectivity index (χ2n) is 7.19. The van der Waals surface area contributed by atoms with Crippen molar-refractivity contribution in [1.29, 1.82) is 0 Å². The largest absolute Gasteiger partial charge is 0.352 e. The van der Waals surface area contributed by atoms with Crippen molar-refractivity contribution in [3.05, 3.63) is 78.8 Å². The van der Waals surface area contributed by atoms with Crippen molar-refractivity contribution < 1.29 is 4.39 Å². The van der Waals surface area contributed by atoms with Gasteiger partial charge in [0, 0.05) is 50.7 Å². The maximum absolute atomic E-state index is 15.1. The highest BCUT2D eigenvalue weighted by atomic mass is 19.1. The van der Waals surface area contributed by atoms with E-state index in [2.05, 4.69) is 26.0 Å². The van der Waals surface area contributed by atoms with Crippen molar-refractivity contribution in [3.8, 4) is 11.3 Å². The number of halogens is 1. The maximum atomic E-state index is 15.1. The average Bonchev–Trinajstić information content (AvgIpc) is 3.17. The second kappa shape index (κ2) is 7.60. The molecule has 0 amide bonds. The molecule has 0 radical (unpaired) electrons. The zero-order chi connectivity index (χ0) is 19.6. The highest BCUT2D eigenvalue weighted by Gasteiger charge is 2.23. The molecular formula is C22H21FN6. The maximum Gasteiger partial charge on any atom is 0.191 e. The molecule has 0 N–H and O–H groups in total. The number of fused-ring (bicyclic) bond motifs is 1. The highest BCUT2D eigenvalue weighted by molar-refractivity contribution is 5.63. The molecule has 0 saturated carbocycles. The van der Waals surface area contributed by atoms with Crippen molar-refractivity contribution in [2.45, 2.75) is 6.54 Å². The van der Waals surface area contributed by atoms with Gasteiger partial charge in [0.2, 0.25) is 0 Å². The van der Waals surface area contributed by atoms with Crippen LogP contribution in [0.5, 0.6) is 0 Å². The number of rotatable bonds is 4. The Bertz CT molecular complexity index is 1090. The summed E-state index contributed by atoms with van der Waals surface area (Å²) in [4.78, 5) is 17.4. The van der Waals surface area contributed by atoms with E-state index in [1.807, 2.05) is 64.0 Å². The molecule has 0 atom stereocenters. The first kappa shape index (κ1) is 17.8. The third-order valence-corrected chi connectivity index (χ3v) is 5.29. The molecule has 7 heteroatoms. The quantitative estimate of drug-likeness (QED) is 0.537. The number of benzene rings is 1. The van der Waals surface area contributed by atoms with Crippen LogP contribution in [0.1, 0.15) is 5.69 Å². The molecule has 1 saturated heterocycles. The van der Waals surface area contributed by atoms with Crippen LogP contribution in [-0.2, 0) is 6.54 Å². The first-order valence-corrected chi connectivity index (χ1v) is 9.74. The van der Waals surface area contributed by atoms with Crippen LogP contribution in [0, 0.1) is 5.82 Å². The Morgan fingerprint density at radius 3 is 2.48 bits per heavy atom. The minimum absolute atomic E-state index is 0.350. The lowest BCUT2D eigenvalue weighted by Crippen LogP contribution is -2.46. The smallest absolute Gasteiger partial charge is 0.191 e. The lowest BCUT2D eigenvalue weighted by atomic mass is 10.1. The summed E-state index contributed by atoms with van der Waals surface area (Å²) in [5, 5.41) is 0. The lowest BCUT2D eigenvalue weighted by Gasteiger charge is -2.35. The molecule has 1 fully saturated rings. The molecule has 0 unspecified atom stereocenters. The Labute approximate surface area is 168 Å². The van der Waals surface area contributed by atoms with E-state index in [-0.39, 0.29) is 5.82 Å². The van der Waals surface area contributed by atoms with Crippen LogP contribution in [0.2, 0.25) is 0 Å². The van der Waals surface area contributed by atoms with Crippen LogP contribution >= 0.6 is 0 Å². The van der Waals surface area contributed by atoms with Gasteiger partial charge >= 0.3 is 0 Å². The number of piperazine rings is 1. The minimum atomic E-state index is -0.354. The molecule has 1 aliphatic heterocycles. The molecule has 4 aromatic rings. The monoisotopic (exact) mass is 388 g/mol. The average molecular weight is 388 g/mol. The van der Waals surface area contributed by atoms with Gasteiger partial charge in [-0.3, -0.25) is 4.90 Å². The van der Waals surface area contributed by atoms with E-state index in [0.29, 0.717) is 11.5 Å². The van der Waals surface area contributed by atoms with Crippen LogP contribution in [0.4, 0.5) is 10.2 Å². The van der Waals surface area contributed by atoms with Gasteiger partial charge in [-0.15, -0.1) is 0 Å². The molecule has 6 nitrogen and oxygen atoms in total. The van der Waals surface area contributed by atoms with Crippen molar-refractivity contribution in [3.63, 3.8) is 0 Å². The van der Waals surface area contributed by atoms with Gasteiger partial charge in [-0.2, -0.15) is 0 Å². The van der Waals surface area contributed by atoms with Gasteiger partial charge in [0.05, 0.1) is 5.69 Å². The zero-order valence-electron chi connectivity index (χ0n) is 15.9. The summed E-state index contributed by atoms with van der Waals surface area (Å²) in [6.45, 7) is 3.89. The van der Waals surface area contributed by atoms with E-state index >= 15 is 4.39 Å². The molecule has 146 valence electrons. The lowest BCUT2D eigenvalue weighted by molar-refractivity contribution is 0.246. The van der Waals surface area contributed by atoms with E-state index in [0.717, 1.165) is 49.6 Å². The molecule has 0 aliphatic carbocycles. The Balaban J connectivity index is 1.28. The van der Waals surface area contributed by atoms with Gasteiger partial charge < -0.3 is 9.30 Å². The summed E-state index contributed by atoms with van der Waals surface area (Å²) >= 11 is 0. The fraction of sp³-hybridized carbons (Fsp3) is 0.227. The zero-order valence-corrected chi connectivity index (χ0v) is 15.9. The molecule has 1 aliphatic rings. The Morgan fingerprint density at radius 2 is 1.69 bits per heavy atom. The summed E-state index contributed by atoms with van der Waals surface area (Å²) in [7, 11) is 0. The number of hydrogen-bond donors (Lipinski definition) is 0. The number of imidazole rings is 1. The molecule has 3 aromatic heterocycles. The molecule has 4 heterocycles. The predicted octanol–water partition coefficient (Wildman–Crippen LogP) is 3.25. The molecule has 0 spiro atoms. The van der Waals surface area contributed by atoms with E-state index in [1.165, 1.54) is 6.33 Å². The fourth-order valence-electron chi connectivity index (χ4n) is 3.79. The van der Waals surface area contributed by atoms with Crippen LogP contribution in [0.15, 0.2) is 67.3 Å². The molecule has 0 bridgehead atoms. The number of aromatic nitrogens is 4. The topological polar surface area (TPSA) is 49.6 Å². The third-order valence-electron chi connectivity index (χ3n) is 5.29. The number of nitrogens with zero attached hydrogens (tertiary/aromatic N) is 6. The van der Waals surface area contributed by atoms with Crippen LogP contribution in [0.25, 0.3) is 16.9 Å². The Hall–Kier alpha value is -3.32. The number of pyridine rings is 1. The van der Waals surface area contributed by atoms with Gasteiger partial charge in [0.15, 0.2) is 11.6 Å². The molecule has 1 aromatic carbocycles. The van der Waals surface area contributed by atoms with E-state index in [9.17, 15) is 0 Å². The van der Waals surface area contributed by atoms with Gasteiger partial charge in [-0.05, 0) is 12.1 Å². The standard InChI is InChI=1S/C22H21FN6/c23-20-21(17-6-2-1-3-7-17)24-16-25-22(20)28-12-10-27(11-13-28)14-18-15-29-9-5-4-8-19(29)26-18/h1-9,15-16H,10-14H2. The van der Waals surface area contributed by atoms with Crippen LogP contribution < -0.4 is 4.90 Å². The first-order chi connectivity index (χ1) is 14.3. The Kier molecular flexibility index (Phi) is 4.65. The molecule has 5 rings (SSSR count). The van der Waals surface area contributed by atoms with Crippen LogP contribution in [0.3, 0.4) is 0 Å². The van der Waals surface area contributed by atoms with Gasteiger partial charge in [0.1, 0.15) is 17.7 Å². The normalized spacial score (nSPS) is 15.1. The van der Waals surface area contributed by atoms with Gasteiger partial charge in [0.25, 0.3) is 0 Å². The van der Waals surface area contributed by atoms with Crippen molar-refractivity contribution in [2.24, 2.45) is 0 Å². The van der Waals surface area contributed by atoms with Gasteiger partial charge in [-0.1, -0.05) is 36.4 Å². The summed E-state index contributed by atoms with van der Waals surface area (Å²) in [6, 6.07) is 15.4. The predicted molar refractivity (Wildman–Crippen MR) is 110 cm³/mol. The van der Waals surface area contributed by atoms with Gasteiger partial charge in [-0.25, -0.2) is 19.3 Å². The number of hydrogen-bond acceptors (Lipinski definition) is 5. The van der Waals surface area contributed by atoms with Crippen molar-refractivity contribution >= 4 is 11.5 Å². The minimum Gasteiger partial charge on any atom is -0.352 e. The van der Waals surface area contributed by atoms with E-state index in [4.69, 9.17) is 0 Å². The van der Waals surface area contributed by atoms with E-state index < -0.39 is 0 Å². The van der Waals surface area contributed by atoms with Crippen LogP contribution in [-0.4, -0.2) is 50.4 Å². The Morgan fingerprint density at radius 1 is 0.897 bits per heavy atom. The third kappa shape index (κ3) is 3.56. The SMILES string of the molecule is Fc1c(-c2ccccc2)ncnc1N1CCN(Cc2cn3ccccc3n2)CC1. The second-order valence-corrected chi connectivity index (χ2v) is 7.19.